The predicted octanol–water partition coefficient (Wildman–Crippen LogP) is 3.20. The van der Waals surface area contributed by atoms with Crippen LogP contribution in [0.1, 0.15) is 27.9 Å². The van der Waals surface area contributed by atoms with E-state index in [-0.39, 0.29) is 23.5 Å². The number of phenols is 1. The first kappa shape index (κ1) is 19.0. The molecule has 1 aliphatic carbocycles. The Morgan fingerprint density at radius 3 is 2.55 bits per heavy atom. The molecule has 1 unspecified atom stereocenters. The molecule has 1 aliphatic rings. The van der Waals surface area contributed by atoms with Gasteiger partial charge in [-0.3, -0.25) is 9.59 Å². The minimum absolute atomic E-state index is 0.0173. The van der Waals surface area contributed by atoms with Crippen molar-refractivity contribution >= 4 is 22.6 Å². The molecule has 0 saturated heterocycles. The van der Waals surface area contributed by atoms with Crippen LogP contribution in [-0.2, 0) is 17.6 Å². The topological polar surface area (TPSA) is 78.4 Å². The van der Waals surface area contributed by atoms with Crippen molar-refractivity contribution in [2.45, 2.75) is 19.3 Å². The van der Waals surface area contributed by atoms with Gasteiger partial charge in [0.05, 0.1) is 0 Å². The fraction of sp³-hybridized carbons (Fsp3) is 0.250. The summed E-state index contributed by atoms with van der Waals surface area (Å²) >= 11 is 0. The second-order valence-electron chi connectivity index (χ2n) is 7.50. The number of aryl methyl sites for hydroxylation is 1. The molecular weight excluding hydrogens is 364 g/mol. The summed E-state index contributed by atoms with van der Waals surface area (Å²) in [6.07, 6.45) is 2.25. The Labute approximate surface area is 169 Å². The Kier molecular flexibility index (Phi) is 5.47. The highest BCUT2D eigenvalue weighted by Crippen LogP contribution is 2.28. The summed E-state index contributed by atoms with van der Waals surface area (Å²) in [5.74, 6) is 0.0807. The highest BCUT2D eigenvalue weighted by molar-refractivity contribution is 5.98. The lowest BCUT2D eigenvalue weighted by Gasteiger charge is -2.24. The number of rotatable bonds is 5. The Hall–Kier alpha value is -3.34. The molecule has 3 aromatic carbocycles. The van der Waals surface area contributed by atoms with Gasteiger partial charge in [0.15, 0.2) is 0 Å². The van der Waals surface area contributed by atoms with Gasteiger partial charge in [-0.25, -0.2) is 0 Å². The van der Waals surface area contributed by atoms with Gasteiger partial charge in [0.2, 0.25) is 5.91 Å². The number of phenolic OH excluding ortho intramolecular Hbond substituents is 1. The van der Waals surface area contributed by atoms with Gasteiger partial charge >= 0.3 is 0 Å². The molecule has 0 heterocycles. The number of hydrogen-bond donors (Lipinski definition) is 3. The molecule has 0 aliphatic heterocycles. The normalized spacial score (nSPS) is 15.5. The summed E-state index contributed by atoms with van der Waals surface area (Å²) in [5, 5.41) is 17.5. The summed E-state index contributed by atoms with van der Waals surface area (Å²) < 4.78 is 0. The largest absolute Gasteiger partial charge is 0.508 e. The van der Waals surface area contributed by atoms with Crippen LogP contribution in [0.2, 0.25) is 0 Å². The molecule has 29 heavy (non-hydrogen) atoms. The Balaban J connectivity index is 1.25. The van der Waals surface area contributed by atoms with Crippen molar-refractivity contribution in [3.8, 4) is 5.75 Å². The summed E-state index contributed by atoms with van der Waals surface area (Å²) in [6.45, 7) is 0.783. The highest BCUT2D eigenvalue weighted by atomic mass is 16.3. The molecule has 0 fully saturated rings. The minimum Gasteiger partial charge on any atom is -0.508 e. The SMILES string of the molecule is O=C(NCCNC(=O)C1CCc2cc(O)ccc2C1)c1ccc2ccccc2c1. The molecular formula is C24H24N2O3. The van der Waals surface area contributed by atoms with Gasteiger partial charge in [0.1, 0.15) is 5.75 Å². The second kappa shape index (κ2) is 8.35. The molecule has 0 saturated carbocycles. The maximum atomic E-state index is 12.5. The first-order chi connectivity index (χ1) is 14.1. The number of carbonyl (C=O) groups is 2. The zero-order chi connectivity index (χ0) is 20.2. The highest BCUT2D eigenvalue weighted by Gasteiger charge is 2.24. The Morgan fingerprint density at radius 1 is 0.897 bits per heavy atom. The van der Waals surface area contributed by atoms with Crippen molar-refractivity contribution < 1.29 is 14.7 Å². The van der Waals surface area contributed by atoms with Crippen LogP contribution in [0.15, 0.2) is 60.7 Å². The van der Waals surface area contributed by atoms with Crippen LogP contribution in [0.25, 0.3) is 10.8 Å². The third kappa shape index (κ3) is 4.40. The number of hydrogen-bond acceptors (Lipinski definition) is 3. The van der Waals surface area contributed by atoms with Crippen LogP contribution in [0.5, 0.6) is 5.75 Å². The van der Waals surface area contributed by atoms with Gasteiger partial charge in [-0.1, -0.05) is 36.4 Å². The standard InChI is InChI=1S/C24H24N2O3/c27-22-10-9-18-14-21(8-6-19(18)15-22)24(29)26-12-11-25-23(28)20-7-5-16-3-1-2-4-17(16)13-20/h1-5,7,9-10,13,15,21,27H,6,8,11-12,14H2,(H,25,28)(H,26,29). The van der Waals surface area contributed by atoms with E-state index >= 15 is 0 Å². The first-order valence-electron chi connectivity index (χ1n) is 9.95. The zero-order valence-electron chi connectivity index (χ0n) is 16.2. The van der Waals surface area contributed by atoms with Crippen LogP contribution in [0.4, 0.5) is 0 Å². The van der Waals surface area contributed by atoms with Crippen LogP contribution in [-0.4, -0.2) is 30.0 Å². The smallest absolute Gasteiger partial charge is 0.251 e. The van der Waals surface area contributed by atoms with Crippen LogP contribution >= 0.6 is 0 Å². The third-order valence-corrected chi connectivity index (χ3v) is 5.51. The number of nitrogens with one attached hydrogen (secondary N) is 2. The van der Waals surface area contributed by atoms with Gasteiger partial charge < -0.3 is 15.7 Å². The van der Waals surface area contributed by atoms with E-state index < -0.39 is 0 Å². The number of carbonyl (C=O) groups excluding carboxylic acids is 2. The van der Waals surface area contributed by atoms with E-state index in [1.54, 1.807) is 12.1 Å². The van der Waals surface area contributed by atoms with E-state index in [0.717, 1.165) is 34.7 Å². The second-order valence-corrected chi connectivity index (χ2v) is 7.50. The summed E-state index contributed by atoms with van der Waals surface area (Å²) in [5.41, 5.74) is 2.86. The van der Waals surface area contributed by atoms with Gasteiger partial charge in [0, 0.05) is 24.6 Å². The van der Waals surface area contributed by atoms with Crippen molar-refractivity contribution in [3.05, 3.63) is 77.4 Å². The lowest BCUT2D eigenvalue weighted by atomic mass is 9.83. The predicted molar refractivity (Wildman–Crippen MR) is 113 cm³/mol. The summed E-state index contributed by atoms with van der Waals surface area (Å²) in [6, 6.07) is 18.9. The van der Waals surface area contributed by atoms with Crippen molar-refractivity contribution in [2.24, 2.45) is 5.92 Å². The quantitative estimate of drug-likeness (QED) is 0.588. The molecule has 0 spiro atoms. The van der Waals surface area contributed by atoms with E-state index in [1.807, 2.05) is 48.5 Å². The molecule has 2 amide bonds. The minimum atomic E-state index is -0.142. The van der Waals surface area contributed by atoms with E-state index in [4.69, 9.17) is 0 Å². The van der Waals surface area contributed by atoms with Crippen molar-refractivity contribution in [1.82, 2.24) is 10.6 Å². The molecule has 3 aromatic rings. The molecule has 3 N–H and O–H groups in total. The molecule has 1 atom stereocenters. The van der Waals surface area contributed by atoms with E-state index in [2.05, 4.69) is 10.6 Å². The van der Waals surface area contributed by atoms with Crippen LogP contribution < -0.4 is 10.6 Å². The molecule has 0 radical (unpaired) electrons. The number of amides is 2. The molecule has 4 rings (SSSR count). The maximum Gasteiger partial charge on any atom is 0.251 e. The van der Waals surface area contributed by atoms with E-state index in [0.29, 0.717) is 25.1 Å². The fourth-order valence-corrected chi connectivity index (χ4v) is 3.90. The van der Waals surface area contributed by atoms with Crippen LogP contribution in [0, 0.1) is 5.92 Å². The van der Waals surface area contributed by atoms with Gasteiger partial charge in [-0.2, -0.15) is 0 Å². The molecule has 5 nitrogen and oxygen atoms in total. The van der Waals surface area contributed by atoms with E-state index in [9.17, 15) is 14.7 Å². The third-order valence-electron chi connectivity index (χ3n) is 5.51. The lowest BCUT2D eigenvalue weighted by molar-refractivity contribution is -0.125. The first-order valence-corrected chi connectivity index (χ1v) is 9.95. The lowest BCUT2D eigenvalue weighted by Crippen LogP contribution is -2.39. The molecule has 0 aromatic heterocycles. The maximum absolute atomic E-state index is 12.5. The Bertz CT molecular complexity index is 1060. The number of fused-ring (bicyclic) bond motifs is 2. The molecule has 148 valence electrons. The van der Waals surface area contributed by atoms with Gasteiger partial charge in [0.25, 0.3) is 5.91 Å². The number of benzene rings is 3. The average Bonchev–Trinajstić information content (AvgIpc) is 2.75. The van der Waals surface area contributed by atoms with Gasteiger partial charge in [-0.15, -0.1) is 0 Å². The van der Waals surface area contributed by atoms with Gasteiger partial charge in [-0.05, 0) is 65.4 Å². The Morgan fingerprint density at radius 2 is 1.69 bits per heavy atom. The van der Waals surface area contributed by atoms with Crippen molar-refractivity contribution in [2.75, 3.05) is 13.1 Å². The fourth-order valence-electron chi connectivity index (χ4n) is 3.90. The summed E-state index contributed by atoms with van der Waals surface area (Å²) in [7, 11) is 0. The van der Waals surface area contributed by atoms with Crippen molar-refractivity contribution in [1.29, 1.82) is 0 Å². The molecule has 0 bridgehead atoms. The zero-order valence-corrected chi connectivity index (χ0v) is 16.2. The van der Waals surface area contributed by atoms with Crippen molar-refractivity contribution in [3.63, 3.8) is 0 Å². The van der Waals surface area contributed by atoms with E-state index in [1.165, 1.54) is 0 Å². The number of aromatic hydroxyl groups is 1. The average molecular weight is 388 g/mol. The summed E-state index contributed by atoms with van der Waals surface area (Å²) in [4.78, 5) is 24.8. The van der Waals surface area contributed by atoms with Crippen LogP contribution in [0.3, 0.4) is 0 Å². The molecule has 5 heteroatoms. The monoisotopic (exact) mass is 388 g/mol.